The van der Waals surface area contributed by atoms with E-state index in [2.05, 4.69) is 20.2 Å². The number of rotatable bonds is 4. The lowest BCUT2D eigenvalue weighted by Gasteiger charge is -2.27. The third-order valence-corrected chi connectivity index (χ3v) is 4.59. The molecule has 138 valence electrons. The molecule has 1 aromatic carbocycles. The molecule has 1 aliphatic heterocycles. The van der Waals surface area contributed by atoms with Gasteiger partial charge in [0.15, 0.2) is 0 Å². The van der Waals surface area contributed by atoms with Gasteiger partial charge < -0.3 is 19.9 Å². The van der Waals surface area contributed by atoms with E-state index in [1.54, 1.807) is 0 Å². The zero-order valence-electron chi connectivity index (χ0n) is 14.8. The summed E-state index contributed by atoms with van der Waals surface area (Å²) < 4.78 is 5.36. The minimum Gasteiger partial charge on any atom is -0.378 e. The highest BCUT2D eigenvalue weighted by Crippen LogP contribution is 2.16. The lowest BCUT2D eigenvalue weighted by atomic mass is 10.2. The van der Waals surface area contributed by atoms with Crippen LogP contribution in [-0.2, 0) is 11.3 Å². The molecule has 4 rings (SSSR count). The summed E-state index contributed by atoms with van der Waals surface area (Å²) in [5.74, 6) is 0.304. The average molecular weight is 364 g/mol. The highest BCUT2D eigenvalue weighted by Gasteiger charge is 2.17. The first-order valence-corrected chi connectivity index (χ1v) is 8.89. The number of benzene rings is 1. The number of ether oxygens (including phenoxy) is 1. The van der Waals surface area contributed by atoms with Crippen LogP contribution in [0.4, 0.5) is 5.82 Å². The minimum atomic E-state index is -0.416. The Labute approximate surface area is 156 Å². The Morgan fingerprint density at radius 3 is 2.70 bits per heavy atom. The molecule has 7 nitrogen and oxygen atoms in total. The highest BCUT2D eigenvalue weighted by molar-refractivity contribution is 5.96. The quantitative estimate of drug-likeness (QED) is 0.736. The third kappa shape index (κ3) is 3.68. The van der Waals surface area contributed by atoms with Crippen LogP contribution in [0.15, 0.2) is 53.5 Å². The van der Waals surface area contributed by atoms with Crippen LogP contribution >= 0.6 is 0 Å². The van der Waals surface area contributed by atoms with Gasteiger partial charge in [0.2, 0.25) is 5.43 Å². The first-order valence-electron chi connectivity index (χ1n) is 8.89. The molecule has 3 aromatic rings. The van der Waals surface area contributed by atoms with Crippen molar-refractivity contribution in [1.82, 2.24) is 15.3 Å². The van der Waals surface area contributed by atoms with E-state index in [-0.39, 0.29) is 16.5 Å². The van der Waals surface area contributed by atoms with Crippen LogP contribution < -0.4 is 15.6 Å². The second-order valence-corrected chi connectivity index (χ2v) is 6.36. The molecule has 0 aliphatic carbocycles. The summed E-state index contributed by atoms with van der Waals surface area (Å²) in [7, 11) is 0. The summed E-state index contributed by atoms with van der Waals surface area (Å²) in [4.78, 5) is 34.9. The van der Waals surface area contributed by atoms with Crippen molar-refractivity contribution in [2.75, 3.05) is 31.2 Å². The number of fused-ring (bicyclic) bond motifs is 1. The predicted octanol–water partition coefficient (Wildman–Crippen LogP) is 1.69. The number of carbonyl (C=O) groups excluding carboxylic acids is 1. The Bertz CT molecular complexity index is 1010. The number of H-pyrrole nitrogens is 1. The molecule has 1 aliphatic rings. The molecule has 0 radical (unpaired) electrons. The van der Waals surface area contributed by atoms with Crippen molar-refractivity contribution >= 4 is 22.8 Å². The molecule has 0 bridgehead atoms. The van der Waals surface area contributed by atoms with Crippen LogP contribution in [0.25, 0.3) is 11.0 Å². The van der Waals surface area contributed by atoms with Crippen molar-refractivity contribution < 1.29 is 9.53 Å². The Morgan fingerprint density at radius 2 is 1.93 bits per heavy atom. The minimum absolute atomic E-state index is 0.0602. The fourth-order valence-electron chi connectivity index (χ4n) is 3.09. The standard InChI is InChI=1S/C20H20N4O3/c25-19-15(20(26)22-12-14-4-2-1-3-5-14)13-21-16-6-7-17(23-18(16)19)24-8-10-27-11-9-24/h1-7,13H,8-12H2,(H,21,25)(H,22,26). The summed E-state index contributed by atoms with van der Waals surface area (Å²) in [5.41, 5.74) is 1.54. The number of hydrogen-bond donors (Lipinski definition) is 2. The van der Waals surface area contributed by atoms with Gasteiger partial charge in [-0.25, -0.2) is 4.98 Å². The summed E-state index contributed by atoms with van der Waals surface area (Å²) in [6, 6.07) is 13.3. The van der Waals surface area contributed by atoms with Crippen LogP contribution in [0.3, 0.4) is 0 Å². The van der Waals surface area contributed by atoms with E-state index in [9.17, 15) is 9.59 Å². The van der Waals surface area contributed by atoms with E-state index in [0.29, 0.717) is 25.3 Å². The summed E-state index contributed by atoms with van der Waals surface area (Å²) in [5, 5.41) is 2.79. The number of aromatic nitrogens is 2. The SMILES string of the molecule is O=C(NCc1ccccc1)c1c[nH]c2ccc(N3CCOCC3)nc2c1=O. The van der Waals surface area contributed by atoms with Crippen LogP contribution in [0.2, 0.25) is 0 Å². The average Bonchev–Trinajstić information content (AvgIpc) is 2.73. The van der Waals surface area contributed by atoms with Gasteiger partial charge >= 0.3 is 0 Å². The van der Waals surface area contributed by atoms with Gasteiger partial charge in [0, 0.05) is 25.8 Å². The lowest BCUT2D eigenvalue weighted by Crippen LogP contribution is -2.37. The first kappa shape index (κ1) is 17.2. The smallest absolute Gasteiger partial charge is 0.257 e. The summed E-state index contributed by atoms with van der Waals surface area (Å²) in [6.45, 7) is 3.09. The van der Waals surface area contributed by atoms with E-state index in [1.807, 2.05) is 42.5 Å². The van der Waals surface area contributed by atoms with Crippen LogP contribution in [0.1, 0.15) is 15.9 Å². The summed E-state index contributed by atoms with van der Waals surface area (Å²) >= 11 is 0. The summed E-state index contributed by atoms with van der Waals surface area (Å²) in [6.07, 6.45) is 1.45. The Hall–Kier alpha value is -3.19. The Kier molecular flexibility index (Phi) is 4.84. The van der Waals surface area contributed by atoms with E-state index in [4.69, 9.17) is 4.74 Å². The molecule has 3 heterocycles. The number of hydrogen-bond acceptors (Lipinski definition) is 5. The number of anilines is 1. The van der Waals surface area contributed by atoms with Gasteiger partial charge in [0.25, 0.3) is 5.91 Å². The van der Waals surface area contributed by atoms with Crippen LogP contribution in [-0.4, -0.2) is 42.2 Å². The van der Waals surface area contributed by atoms with Crippen LogP contribution in [0, 0.1) is 0 Å². The molecule has 0 spiro atoms. The topological polar surface area (TPSA) is 87.3 Å². The molecular weight excluding hydrogens is 344 g/mol. The van der Waals surface area contributed by atoms with E-state index < -0.39 is 5.91 Å². The number of aromatic amines is 1. The second kappa shape index (κ2) is 7.59. The second-order valence-electron chi connectivity index (χ2n) is 6.36. The van der Waals surface area contributed by atoms with E-state index >= 15 is 0 Å². The van der Waals surface area contributed by atoms with Gasteiger partial charge in [-0.2, -0.15) is 0 Å². The van der Waals surface area contributed by atoms with Crippen molar-refractivity contribution in [3.8, 4) is 0 Å². The van der Waals surface area contributed by atoms with Crippen molar-refractivity contribution in [1.29, 1.82) is 0 Å². The van der Waals surface area contributed by atoms with Gasteiger partial charge in [-0.3, -0.25) is 9.59 Å². The zero-order valence-corrected chi connectivity index (χ0v) is 14.8. The van der Waals surface area contributed by atoms with Crippen molar-refractivity contribution in [2.45, 2.75) is 6.54 Å². The Morgan fingerprint density at radius 1 is 1.15 bits per heavy atom. The molecule has 7 heteroatoms. The third-order valence-electron chi connectivity index (χ3n) is 4.59. The van der Waals surface area contributed by atoms with Gasteiger partial charge in [-0.1, -0.05) is 30.3 Å². The van der Waals surface area contributed by atoms with Gasteiger partial charge in [0.1, 0.15) is 16.9 Å². The van der Waals surface area contributed by atoms with Crippen molar-refractivity contribution in [2.24, 2.45) is 0 Å². The highest BCUT2D eigenvalue weighted by atomic mass is 16.5. The number of nitrogens with one attached hydrogen (secondary N) is 2. The molecular formula is C20H20N4O3. The predicted molar refractivity (Wildman–Crippen MR) is 103 cm³/mol. The number of morpholine rings is 1. The maximum atomic E-state index is 12.8. The molecule has 27 heavy (non-hydrogen) atoms. The maximum Gasteiger partial charge on any atom is 0.257 e. The van der Waals surface area contributed by atoms with E-state index in [1.165, 1.54) is 6.20 Å². The largest absolute Gasteiger partial charge is 0.378 e. The van der Waals surface area contributed by atoms with Crippen LogP contribution in [0.5, 0.6) is 0 Å². The first-order chi connectivity index (χ1) is 13.2. The molecule has 0 unspecified atom stereocenters. The molecule has 2 aromatic heterocycles. The number of amides is 1. The molecule has 0 saturated carbocycles. The molecule has 2 N–H and O–H groups in total. The maximum absolute atomic E-state index is 12.8. The monoisotopic (exact) mass is 364 g/mol. The van der Waals surface area contributed by atoms with Gasteiger partial charge in [0.05, 0.1) is 18.7 Å². The van der Waals surface area contributed by atoms with Crippen molar-refractivity contribution in [3.63, 3.8) is 0 Å². The molecule has 1 fully saturated rings. The lowest BCUT2D eigenvalue weighted by molar-refractivity contribution is 0.0949. The normalized spacial score (nSPS) is 14.3. The van der Waals surface area contributed by atoms with Crippen molar-refractivity contribution in [3.05, 3.63) is 70.0 Å². The number of pyridine rings is 2. The Balaban J connectivity index is 1.60. The fraction of sp³-hybridized carbons (Fsp3) is 0.250. The zero-order chi connectivity index (χ0) is 18.6. The molecule has 1 amide bonds. The number of nitrogens with zero attached hydrogens (tertiary/aromatic N) is 2. The van der Waals surface area contributed by atoms with Gasteiger partial charge in [-0.15, -0.1) is 0 Å². The van der Waals surface area contributed by atoms with Gasteiger partial charge in [-0.05, 0) is 17.7 Å². The molecule has 0 atom stereocenters. The fourth-order valence-corrected chi connectivity index (χ4v) is 3.09. The van der Waals surface area contributed by atoms with E-state index in [0.717, 1.165) is 24.5 Å². The number of carbonyl (C=O) groups is 1. The molecule has 1 saturated heterocycles.